The highest BCUT2D eigenvalue weighted by Crippen LogP contribution is 2.13. The molecule has 0 aliphatic heterocycles. The third-order valence-electron chi connectivity index (χ3n) is 4.58. The Bertz CT molecular complexity index is 406. The molecule has 0 bridgehead atoms. The quantitative estimate of drug-likeness (QED) is 0.157. The summed E-state index contributed by atoms with van der Waals surface area (Å²) in [5, 5.41) is 0. The van der Waals surface area contributed by atoms with E-state index >= 15 is 0 Å². The van der Waals surface area contributed by atoms with Gasteiger partial charge in [-0.1, -0.05) is 57.6 Å². The van der Waals surface area contributed by atoms with Crippen LogP contribution in [0.15, 0.2) is 12.2 Å². The smallest absolute Gasteiger partial charge is 0.305 e. The molecule has 1 unspecified atom stereocenters. The summed E-state index contributed by atoms with van der Waals surface area (Å²) in [6, 6.07) is 0. The predicted octanol–water partition coefficient (Wildman–Crippen LogP) is 5.76. The molecule has 0 aromatic carbocycles. The molecule has 0 N–H and O–H groups in total. The number of esters is 2. The summed E-state index contributed by atoms with van der Waals surface area (Å²) >= 11 is 0. The monoisotopic (exact) mass is 398 g/mol. The average Bonchev–Trinajstić information content (AvgIpc) is 2.66. The zero-order valence-corrected chi connectivity index (χ0v) is 18.4. The number of hydrogen-bond acceptors (Lipinski definition) is 5. The summed E-state index contributed by atoms with van der Waals surface area (Å²) in [6.07, 6.45) is 17.9. The predicted molar refractivity (Wildman–Crippen MR) is 113 cm³/mol. The van der Waals surface area contributed by atoms with Crippen LogP contribution >= 0.6 is 0 Å². The van der Waals surface area contributed by atoms with Crippen LogP contribution in [0, 0.1) is 0 Å². The molecule has 1 atom stereocenters. The molecule has 164 valence electrons. The molecule has 0 fully saturated rings. The van der Waals surface area contributed by atoms with Crippen molar-refractivity contribution in [2.75, 3.05) is 20.3 Å². The second-order valence-corrected chi connectivity index (χ2v) is 7.31. The van der Waals surface area contributed by atoms with E-state index in [4.69, 9.17) is 14.2 Å². The Morgan fingerprint density at radius 2 is 1.61 bits per heavy atom. The second kappa shape index (κ2) is 20.4. The van der Waals surface area contributed by atoms with Gasteiger partial charge in [0.1, 0.15) is 12.7 Å². The molecular formula is C23H42O5. The van der Waals surface area contributed by atoms with E-state index in [2.05, 4.69) is 19.1 Å². The van der Waals surface area contributed by atoms with Crippen molar-refractivity contribution < 1.29 is 23.8 Å². The fourth-order valence-electron chi connectivity index (χ4n) is 3.00. The van der Waals surface area contributed by atoms with Gasteiger partial charge in [-0.2, -0.15) is 0 Å². The first-order valence-electron chi connectivity index (χ1n) is 11.1. The number of carbonyl (C=O) groups is 2. The maximum absolute atomic E-state index is 11.4. The van der Waals surface area contributed by atoms with Gasteiger partial charge >= 0.3 is 11.9 Å². The molecule has 0 amide bonds. The number of hydrogen-bond donors (Lipinski definition) is 0. The lowest BCUT2D eigenvalue weighted by Gasteiger charge is -2.15. The van der Waals surface area contributed by atoms with Crippen LogP contribution < -0.4 is 0 Å². The van der Waals surface area contributed by atoms with Gasteiger partial charge in [0.25, 0.3) is 0 Å². The summed E-state index contributed by atoms with van der Waals surface area (Å²) in [5.74, 6) is -0.312. The van der Waals surface area contributed by atoms with E-state index in [0.717, 1.165) is 51.4 Å². The Hall–Kier alpha value is -1.36. The molecule has 0 radical (unpaired) electrons. The lowest BCUT2D eigenvalue weighted by molar-refractivity contribution is -0.147. The molecule has 0 heterocycles. The Kier molecular flexibility index (Phi) is 19.4. The van der Waals surface area contributed by atoms with E-state index in [9.17, 15) is 9.59 Å². The number of allylic oxidation sites excluding steroid dienone is 1. The maximum Gasteiger partial charge on any atom is 0.305 e. The highest BCUT2D eigenvalue weighted by Gasteiger charge is 2.09. The van der Waals surface area contributed by atoms with Crippen molar-refractivity contribution in [1.29, 1.82) is 0 Å². The summed E-state index contributed by atoms with van der Waals surface area (Å²) in [4.78, 5) is 22.7. The molecule has 0 rings (SSSR count). The molecular weight excluding hydrogens is 356 g/mol. The minimum atomic E-state index is -0.184. The fourth-order valence-corrected chi connectivity index (χ4v) is 3.00. The molecule has 0 saturated heterocycles. The van der Waals surface area contributed by atoms with Crippen molar-refractivity contribution in [3.8, 4) is 0 Å². The largest absolute Gasteiger partial charge is 0.463 e. The summed E-state index contributed by atoms with van der Waals surface area (Å²) < 4.78 is 15.3. The van der Waals surface area contributed by atoms with Crippen LogP contribution in [0.25, 0.3) is 0 Å². The average molecular weight is 399 g/mol. The van der Waals surface area contributed by atoms with Crippen molar-refractivity contribution in [3.05, 3.63) is 12.2 Å². The zero-order valence-electron chi connectivity index (χ0n) is 18.4. The Morgan fingerprint density at radius 1 is 0.893 bits per heavy atom. The molecule has 0 aromatic heterocycles. The second-order valence-electron chi connectivity index (χ2n) is 7.31. The van der Waals surface area contributed by atoms with Crippen molar-refractivity contribution in [2.45, 2.75) is 103 Å². The van der Waals surface area contributed by atoms with E-state index in [0.29, 0.717) is 19.6 Å². The third-order valence-corrected chi connectivity index (χ3v) is 4.58. The van der Waals surface area contributed by atoms with Gasteiger partial charge in [0, 0.05) is 26.9 Å². The molecule has 0 aliphatic carbocycles. The summed E-state index contributed by atoms with van der Waals surface area (Å²) in [6.45, 7) is 4.49. The van der Waals surface area contributed by atoms with E-state index < -0.39 is 0 Å². The van der Waals surface area contributed by atoms with Gasteiger partial charge in [-0.25, -0.2) is 0 Å². The van der Waals surface area contributed by atoms with Crippen LogP contribution in [0.4, 0.5) is 0 Å². The standard InChI is InChI=1S/C23H42O5/c1-4-5-6-13-16-22(28-21(2)24)17-14-11-9-7-8-10-12-15-18-23(25)27-20-19-26-3/h11,14,22H,4-10,12-13,15-20H2,1-3H3. The van der Waals surface area contributed by atoms with Crippen LogP contribution in [0.2, 0.25) is 0 Å². The lowest BCUT2D eigenvalue weighted by atomic mass is 10.1. The first-order chi connectivity index (χ1) is 13.6. The first kappa shape index (κ1) is 26.6. The van der Waals surface area contributed by atoms with Gasteiger partial charge in [0.2, 0.25) is 0 Å². The van der Waals surface area contributed by atoms with E-state index in [-0.39, 0.29) is 18.0 Å². The minimum Gasteiger partial charge on any atom is -0.463 e. The molecule has 0 aromatic rings. The number of methoxy groups -OCH3 is 1. The Morgan fingerprint density at radius 3 is 2.32 bits per heavy atom. The summed E-state index contributed by atoms with van der Waals surface area (Å²) in [5.41, 5.74) is 0. The van der Waals surface area contributed by atoms with Gasteiger partial charge < -0.3 is 14.2 Å². The van der Waals surface area contributed by atoms with Gasteiger partial charge in [0.05, 0.1) is 6.61 Å². The van der Waals surface area contributed by atoms with Crippen molar-refractivity contribution in [1.82, 2.24) is 0 Å². The zero-order chi connectivity index (χ0) is 20.9. The van der Waals surface area contributed by atoms with Crippen LogP contribution in [-0.2, 0) is 23.8 Å². The molecule has 28 heavy (non-hydrogen) atoms. The van der Waals surface area contributed by atoms with Crippen LogP contribution in [0.3, 0.4) is 0 Å². The topological polar surface area (TPSA) is 61.8 Å². The fraction of sp³-hybridized carbons (Fsp3) is 0.826. The number of rotatable bonds is 19. The van der Waals surface area contributed by atoms with E-state index in [1.165, 1.54) is 32.6 Å². The van der Waals surface area contributed by atoms with Gasteiger partial charge in [-0.05, 0) is 32.1 Å². The highest BCUT2D eigenvalue weighted by atomic mass is 16.6. The Balaban J connectivity index is 3.64. The normalized spacial score (nSPS) is 12.2. The molecule has 0 aliphatic rings. The molecule has 0 spiro atoms. The number of ether oxygens (including phenoxy) is 3. The number of carbonyl (C=O) groups excluding carboxylic acids is 2. The lowest BCUT2D eigenvalue weighted by Crippen LogP contribution is -2.15. The summed E-state index contributed by atoms with van der Waals surface area (Å²) in [7, 11) is 1.59. The highest BCUT2D eigenvalue weighted by molar-refractivity contribution is 5.69. The van der Waals surface area contributed by atoms with E-state index in [1.807, 2.05) is 0 Å². The third kappa shape index (κ3) is 19.4. The van der Waals surface area contributed by atoms with Crippen LogP contribution in [0.1, 0.15) is 97.3 Å². The van der Waals surface area contributed by atoms with Crippen LogP contribution in [-0.4, -0.2) is 38.4 Å². The molecule has 0 saturated carbocycles. The Labute approximate surface area is 172 Å². The molecule has 5 nitrogen and oxygen atoms in total. The minimum absolute atomic E-state index is 0.0225. The number of unbranched alkanes of at least 4 members (excludes halogenated alkanes) is 8. The van der Waals surface area contributed by atoms with Crippen molar-refractivity contribution in [3.63, 3.8) is 0 Å². The SMILES string of the molecule is CCCCCCC(CC=CCCCCCCCC(=O)OCCOC)OC(C)=O. The van der Waals surface area contributed by atoms with Gasteiger partial charge in [-0.3, -0.25) is 9.59 Å². The van der Waals surface area contributed by atoms with Crippen LogP contribution in [0.5, 0.6) is 0 Å². The van der Waals surface area contributed by atoms with Crippen molar-refractivity contribution in [2.24, 2.45) is 0 Å². The van der Waals surface area contributed by atoms with Crippen molar-refractivity contribution >= 4 is 11.9 Å². The maximum atomic E-state index is 11.4. The van der Waals surface area contributed by atoms with E-state index in [1.54, 1.807) is 7.11 Å². The first-order valence-corrected chi connectivity index (χ1v) is 11.1. The van der Waals surface area contributed by atoms with Gasteiger partial charge in [0.15, 0.2) is 0 Å². The van der Waals surface area contributed by atoms with Gasteiger partial charge in [-0.15, -0.1) is 0 Å². The molecule has 5 heteroatoms.